The van der Waals surface area contributed by atoms with Gasteiger partial charge in [-0.05, 0) is 0 Å². The number of rotatable bonds is 10. The molecule has 0 unspecified atom stereocenters. The van der Waals surface area contributed by atoms with Crippen LogP contribution in [-0.4, -0.2) is 169 Å². The average Bonchev–Trinajstić information content (AvgIpc) is 2.93. The second-order valence-electron chi connectivity index (χ2n) is 10.6. The number of aliphatic carboxylic acids is 2. The molecule has 0 aromatic rings. The molecule has 45 heavy (non-hydrogen) atoms. The Balaban J connectivity index is 1.98. The normalized spacial score (nSPS) is 41.8. The van der Waals surface area contributed by atoms with Crippen molar-refractivity contribution < 1.29 is 88.5 Å². The van der Waals surface area contributed by atoms with Crippen LogP contribution in [0.4, 0.5) is 0 Å². The van der Waals surface area contributed by atoms with Gasteiger partial charge in [0.25, 0.3) is 0 Å². The Kier molecular flexibility index (Phi) is 12.1. The standard InChI is InChI=1S/C24H37N3O18/c1-5(29)25-9-13(33)15(35)18(20(36)37)44-23(9)43-17-14(34)10(26-6(2)30)24(45-19(17)21(38)39)42-16-11(27-7(3)31)22(40)41-8(4-28)12(16)32/h8-19,22-24,28,32-35,40H,4H2,1-3H3,(H,25,29)(H,26,30)(H,27,31)(H,36,37)(H,38,39)/t8-,9-,10-,11-,12-,13-,14-,15-,16-,17-,18+,19+,22+,23+,24+/m1/s1. The number of carboxylic acid groups (broad SMARTS) is 2. The van der Waals surface area contributed by atoms with Gasteiger partial charge in [-0.3, -0.25) is 14.4 Å². The van der Waals surface area contributed by atoms with Crippen LogP contribution in [0.3, 0.4) is 0 Å². The number of ether oxygens (including phenoxy) is 5. The summed E-state index contributed by atoms with van der Waals surface area (Å²) in [5.74, 6) is -5.92. The molecular formula is C24H37N3O18. The maximum atomic E-state index is 12.3. The number of hydrogen-bond acceptors (Lipinski definition) is 16. The molecule has 21 nitrogen and oxygen atoms in total. The molecule has 256 valence electrons. The summed E-state index contributed by atoms with van der Waals surface area (Å²) < 4.78 is 27.2. The highest BCUT2D eigenvalue weighted by Crippen LogP contribution is 2.32. The minimum absolute atomic E-state index is 0.723. The summed E-state index contributed by atoms with van der Waals surface area (Å²) in [6.45, 7) is 2.23. The highest BCUT2D eigenvalue weighted by atomic mass is 16.7. The number of carbonyl (C=O) groups excluding carboxylic acids is 3. The van der Waals surface area contributed by atoms with Crippen LogP contribution in [0.2, 0.25) is 0 Å². The molecule has 15 atom stereocenters. The van der Waals surface area contributed by atoms with Gasteiger partial charge >= 0.3 is 11.9 Å². The fourth-order valence-electron chi connectivity index (χ4n) is 5.22. The van der Waals surface area contributed by atoms with E-state index in [0.29, 0.717) is 0 Å². The second-order valence-corrected chi connectivity index (χ2v) is 10.6. The lowest BCUT2D eigenvalue weighted by Gasteiger charge is -2.49. The maximum absolute atomic E-state index is 12.3. The molecule has 3 fully saturated rings. The van der Waals surface area contributed by atoms with Gasteiger partial charge in [0.1, 0.15) is 60.9 Å². The lowest BCUT2D eigenvalue weighted by Crippen LogP contribution is -2.71. The van der Waals surface area contributed by atoms with Gasteiger partial charge in [-0.25, -0.2) is 9.59 Å². The molecule has 0 aliphatic carbocycles. The maximum Gasteiger partial charge on any atom is 0.335 e. The van der Waals surface area contributed by atoms with Crippen molar-refractivity contribution in [2.45, 2.75) is 113 Å². The lowest BCUT2D eigenvalue weighted by molar-refractivity contribution is -0.341. The Hall–Kier alpha value is -3.09. The Morgan fingerprint density at radius 3 is 1.51 bits per heavy atom. The quantitative estimate of drug-likeness (QED) is 0.104. The van der Waals surface area contributed by atoms with E-state index in [9.17, 15) is 64.8 Å². The van der Waals surface area contributed by atoms with Gasteiger partial charge in [0.15, 0.2) is 31.1 Å². The van der Waals surface area contributed by atoms with E-state index in [0.717, 1.165) is 20.8 Å². The first-order valence-electron chi connectivity index (χ1n) is 13.5. The first kappa shape index (κ1) is 36.4. The third-order valence-corrected chi connectivity index (χ3v) is 7.23. The number of hydrogen-bond donors (Lipinski definition) is 11. The van der Waals surface area contributed by atoms with Crippen LogP contribution in [0, 0.1) is 0 Å². The van der Waals surface area contributed by atoms with Gasteiger partial charge in [-0.2, -0.15) is 0 Å². The Bertz CT molecular complexity index is 1110. The molecule has 3 saturated heterocycles. The molecule has 0 aromatic heterocycles. The van der Waals surface area contributed by atoms with Gasteiger partial charge in [-0.15, -0.1) is 0 Å². The van der Waals surface area contributed by atoms with Gasteiger partial charge in [-0.1, -0.05) is 0 Å². The van der Waals surface area contributed by atoms with E-state index in [1.807, 2.05) is 0 Å². The highest BCUT2D eigenvalue weighted by molar-refractivity contribution is 5.76. The van der Waals surface area contributed by atoms with E-state index < -0.39 is 128 Å². The van der Waals surface area contributed by atoms with Crippen molar-refractivity contribution in [1.82, 2.24) is 16.0 Å². The van der Waals surface area contributed by atoms with Crippen LogP contribution in [-0.2, 0) is 47.7 Å². The largest absolute Gasteiger partial charge is 0.479 e. The summed E-state index contributed by atoms with van der Waals surface area (Å²) in [6, 6.07) is -4.98. The average molecular weight is 656 g/mol. The molecule has 0 saturated carbocycles. The SMILES string of the molecule is CC(=O)N[C@@H]1[C@@H](O[C@H]2O[C@H](C(=O)O)[C@H](O[C@H]3O[C@H](C(=O)O)[C@H](O)[C@H](O)[C@H]3NC(C)=O)[C@H](O)[C@H]2NC(C)=O)[C@H](O)[C@@H](CO)O[C@@H]1O. The predicted octanol–water partition coefficient (Wildman–Crippen LogP) is -6.96. The van der Waals surface area contributed by atoms with Crippen molar-refractivity contribution in [3.8, 4) is 0 Å². The van der Waals surface area contributed by atoms with Gasteiger partial charge in [0, 0.05) is 20.8 Å². The van der Waals surface area contributed by atoms with Crippen molar-refractivity contribution in [2.75, 3.05) is 6.61 Å². The molecule has 0 bridgehead atoms. The van der Waals surface area contributed by atoms with Crippen LogP contribution >= 0.6 is 0 Å². The summed E-state index contributed by atoms with van der Waals surface area (Å²) in [5.41, 5.74) is 0. The van der Waals surface area contributed by atoms with Crippen LogP contribution in [0.5, 0.6) is 0 Å². The highest BCUT2D eigenvalue weighted by Gasteiger charge is 2.56. The zero-order valence-corrected chi connectivity index (χ0v) is 24.0. The summed E-state index contributed by atoms with van der Waals surface area (Å²) in [5, 5.41) is 89.0. The number of amides is 3. The molecular weight excluding hydrogens is 618 g/mol. The van der Waals surface area contributed by atoms with Gasteiger partial charge < -0.3 is 80.5 Å². The van der Waals surface area contributed by atoms with Crippen molar-refractivity contribution >= 4 is 29.7 Å². The number of aliphatic hydroxyl groups is 6. The zero-order chi connectivity index (χ0) is 33.9. The first-order chi connectivity index (χ1) is 21.0. The number of nitrogens with one attached hydrogen (secondary N) is 3. The summed E-state index contributed by atoms with van der Waals surface area (Å²) in [6.07, 6.45) is -23.4. The molecule has 11 N–H and O–H groups in total. The van der Waals surface area contributed by atoms with Gasteiger partial charge in [0.05, 0.1) is 6.61 Å². The fraction of sp³-hybridized carbons (Fsp3) is 0.792. The molecule has 21 heteroatoms. The number of carbonyl (C=O) groups is 5. The fourth-order valence-corrected chi connectivity index (χ4v) is 5.22. The number of aliphatic hydroxyl groups excluding tert-OH is 6. The molecule has 0 spiro atoms. The van der Waals surface area contributed by atoms with Crippen molar-refractivity contribution in [2.24, 2.45) is 0 Å². The van der Waals surface area contributed by atoms with Crippen molar-refractivity contribution in [3.05, 3.63) is 0 Å². The minimum atomic E-state index is -2.22. The summed E-state index contributed by atoms with van der Waals surface area (Å²) in [4.78, 5) is 59.7. The molecule has 0 radical (unpaired) electrons. The molecule has 3 amide bonds. The molecule has 3 heterocycles. The van der Waals surface area contributed by atoms with Crippen LogP contribution in [0.1, 0.15) is 20.8 Å². The van der Waals surface area contributed by atoms with E-state index in [1.54, 1.807) is 0 Å². The molecule has 3 rings (SSSR count). The van der Waals surface area contributed by atoms with Crippen LogP contribution < -0.4 is 16.0 Å². The summed E-state index contributed by atoms with van der Waals surface area (Å²) in [7, 11) is 0. The van der Waals surface area contributed by atoms with Crippen LogP contribution in [0.15, 0.2) is 0 Å². The molecule has 3 aliphatic heterocycles. The van der Waals surface area contributed by atoms with E-state index in [-0.39, 0.29) is 0 Å². The second kappa shape index (κ2) is 15.0. The summed E-state index contributed by atoms with van der Waals surface area (Å²) >= 11 is 0. The van der Waals surface area contributed by atoms with Gasteiger partial charge in [0.2, 0.25) is 17.7 Å². The van der Waals surface area contributed by atoms with E-state index in [1.165, 1.54) is 0 Å². The predicted molar refractivity (Wildman–Crippen MR) is 137 cm³/mol. The Morgan fingerprint density at radius 2 is 1.04 bits per heavy atom. The third-order valence-electron chi connectivity index (χ3n) is 7.23. The Morgan fingerprint density at radius 1 is 0.600 bits per heavy atom. The monoisotopic (exact) mass is 655 g/mol. The van der Waals surface area contributed by atoms with Crippen molar-refractivity contribution in [3.63, 3.8) is 0 Å². The van der Waals surface area contributed by atoms with E-state index in [2.05, 4.69) is 16.0 Å². The molecule has 3 aliphatic rings. The van der Waals surface area contributed by atoms with E-state index in [4.69, 9.17) is 23.7 Å². The smallest absolute Gasteiger partial charge is 0.335 e. The zero-order valence-electron chi connectivity index (χ0n) is 24.0. The minimum Gasteiger partial charge on any atom is -0.479 e. The number of carboxylic acids is 2. The third kappa shape index (κ3) is 8.20. The molecule has 0 aromatic carbocycles. The van der Waals surface area contributed by atoms with Crippen LogP contribution in [0.25, 0.3) is 0 Å². The lowest BCUT2D eigenvalue weighted by atomic mass is 9.93. The van der Waals surface area contributed by atoms with E-state index >= 15 is 0 Å². The topological polar surface area (TPSA) is 329 Å². The Labute approximate surface area is 253 Å². The van der Waals surface area contributed by atoms with Crippen molar-refractivity contribution in [1.29, 1.82) is 0 Å². The first-order valence-corrected chi connectivity index (χ1v) is 13.5.